The van der Waals surface area contributed by atoms with Crippen molar-refractivity contribution in [3.05, 3.63) is 54.1 Å². The van der Waals surface area contributed by atoms with Gasteiger partial charge in [-0.25, -0.2) is 0 Å². The molecule has 6 heteroatoms. The van der Waals surface area contributed by atoms with Crippen LogP contribution in [0.15, 0.2) is 53.5 Å². The minimum absolute atomic E-state index is 0. The van der Waals surface area contributed by atoms with Gasteiger partial charge in [0.15, 0.2) is 12.0 Å². The van der Waals surface area contributed by atoms with E-state index < -0.39 is 0 Å². The van der Waals surface area contributed by atoms with Gasteiger partial charge in [-0.3, -0.25) is 9.69 Å². The highest BCUT2D eigenvalue weighted by molar-refractivity contribution is 5.94. The Morgan fingerprint density at radius 2 is 1.91 bits per heavy atom. The van der Waals surface area contributed by atoms with Gasteiger partial charge in [0, 0.05) is 11.6 Å². The normalized spacial score (nSPS) is 14.7. The second kappa shape index (κ2) is 7.76. The van der Waals surface area contributed by atoms with E-state index in [9.17, 15) is 4.79 Å². The summed E-state index contributed by atoms with van der Waals surface area (Å²) in [5.74, 6) is 0.664. The number of methoxy groups -OCH3 is 1. The molecule has 1 heterocycles. The van der Waals surface area contributed by atoms with Gasteiger partial charge >= 0.3 is 0 Å². The number of amides is 1. The van der Waals surface area contributed by atoms with Crippen molar-refractivity contribution >= 4 is 23.6 Å². The first-order chi connectivity index (χ1) is 10.8. The molecule has 0 aromatic heterocycles. The van der Waals surface area contributed by atoms with Crippen LogP contribution in [0.25, 0.3) is 0 Å². The zero-order chi connectivity index (χ0) is 15.4. The lowest BCUT2D eigenvalue weighted by molar-refractivity contribution is -0.718. The molecule has 0 saturated heterocycles. The fraction of sp³-hybridized carbons (Fsp3) is 0.176. The maximum Gasteiger partial charge on any atom is 0.251 e. The van der Waals surface area contributed by atoms with Gasteiger partial charge < -0.3 is 22.5 Å². The summed E-state index contributed by atoms with van der Waals surface area (Å²) in [7, 11) is 1.60. The third kappa shape index (κ3) is 3.88. The van der Waals surface area contributed by atoms with E-state index >= 15 is 0 Å². The fourth-order valence-corrected chi connectivity index (χ4v) is 2.43. The van der Waals surface area contributed by atoms with Crippen LogP contribution in [0.5, 0.6) is 5.75 Å². The number of carbonyl (C=O) groups excluding carboxylic acids is 1. The third-order valence-electron chi connectivity index (χ3n) is 3.64. The van der Waals surface area contributed by atoms with E-state index in [1.807, 2.05) is 24.5 Å². The van der Waals surface area contributed by atoms with Gasteiger partial charge in [-0.05, 0) is 30.3 Å². The number of rotatable bonds is 5. The molecule has 3 rings (SSSR count). The Balaban J connectivity index is 0.00000192. The van der Waals surface area contributed by atoms with Crippen molar-refractivity contribution in [3.8, 4) is 5.75 Å². The number of benzene rings is 2. The van der Waals surface area contributed by atoms with Crippen LogP contribution in [-0.4, -0.2) is 32.4 Å². The quantitative estimate of drug-likeness (QED) is 0.687. The van der Waals surface area contributed by atoms with Gasteiger partial charge in [0.25, 0.3) is 5.91 Å². The number of ether oxygens (including phenoxy) is 1. The lowest BCUT2D eigenvalue weighted by Gasteiger charge is -2.11. The van der Waals surface area contributed by atoms with E-state index in [1.54, 1.807) is 31.4 Å². The number of fused-ring (bicyclic) bond motifs is 1. The number of hydrogen-bond donors (Lipinski definition) is 2. The first-order valence-electron chi connectivity index (χ1n) is 7.19. The van der Waals surface area contributed by atoms with E-state index in [0.29, 0.717) is 12.1 Å². The average molecular weight is 332 g/mol. The molecule has 2 aromatic rings. The average Bonchev–Trinajstić information content (AvgIpc) is 2.98. The molecular formula is C17H18ClN3O2. The number of halogens is 1. The maximum absolute atomic E-state index is 12.1. The predicted octanol–water partition coefficient (Wildman–Crippen LogP) is -1.68. The van der Waals surface area contributed by atoms with E-state index in [0.717, 1.165) is 28.6 Å². The van der Waals surface area contributed by atoms with Crippen molar-refractivity contribution in [1.29, 1.82) is 0 Å². The number of nitrogens with one attached hydrogen (secondary N) is 2. The Kier molecular flexibility index (Phi) is 5.73. The van der Waals surface area contributed by atoms with Crippen molar-refractivity contribution in [2.75, 3.05) is 20.2 Å². The Bertz CT molecular complexity index is 701. The van der Waals surface area contributed by atoms with Crippen LogP contribution in [0.2, 0.25) is 0 Å². The summed E-state index contributed by atoms with van der Waals surface area (Å²) in [5, 5.41) is 2.93. The zero-order valence-electron chi connectivity index (χ0n) is 12.8. The summed E-state index contributed by atoms with van der Waals surface area (Å²) in [6, 6.07) is 15.1. The van der Waals surface area contributed by atoms with Crippen molar-refractivity contribution < 1.29 is 26.8 Å². The van der Waals surface area contributed by atoms with Crippen LogP contribution in [0.4, 0.5) is 11.4 Å². The molecule has 0 radical (unpaired) electrons. The SMILES string of the molecule is COc1ccc(C(=O)NCC[NH+]2C=Nc3ccccc32)cc1.[Cl-]. The van der Waals surface area contributed by atoms with Crippen LogP contribution in [0.1, 0.15) is 10.4 Å². The number of aliphatic imine (C=N–C) groups is 1. The van der Waals surface area contributed by atoms with E-state index in [2.05, 4.69) is 16.4 Å². The first-order valence-corrected chi connectivity index (χ1v) is 7.19. The van der Waals surface area contributed by atoms with Gasteiger partial charge in [0.2, 0.25) is 0 Å². The number of hydrogen-bond acceptors (Lipinski definition) is 3. The van der Waals surface area contributed by atoms with E-state index in [1.165, 1.54) is 0 Å². The van der Waals surface area contributed by atoms with Crippen LogP contribution in [0, 0.1) is 0 Å². The van der Waals surface area contributed by atoms with Gasteiger partial charge in [-0.15, -0.1) is 0 Å². The fourth-order valence-electron chi connectivity index (χ4n) is 2.43. The summed E-state index contributed by atoms with van der Waals surface area (Å²) >= 11 is 0. The molecule has 5 nitrogen and oxygen atoms in total. The van der Waals surface area contributed by atoms with Crippen LogP contribution in [-0.2, 0) is 0 Å². The van der Waals surface area contributed by atoms with Crippen LogP contribution in [0.3, 0.4) is 0 Å². The van der Waals surface area contributed by atoms with Crippen LogP contribution >= 0.6 is 0 Å². The van der Waals surface area contributed by atoms with Crippen molar-refractivity contribution in [1.82, 2.24) is 5.32 Å². The Morgan fingerprint density at radius 1 is 1.17 bits per heavy atom. The molecule has 2 aromatic carbocycles. The highest BCUT2D eigenvalue weighted by atomic mass is 35.5. The van der Waals surface area contributed by atoms with E-state index in [-0.39, 0.29) is 18.3 Å². The largest absolute Gasteiger partial charge is 1.00 e. The standard InChI is InChI=1S/C17H17N3O2.ClH/c1-22-14-8-6-13(7-9-14)17(21)18-10-11-20-12-19-15-4-2-3-5-16(15)20;/h2-9,12H,10-11H2,1H3,(H,18,21);1H. The Labute approximate surface area is 141 Å². The summed E-state index contributed by atoms with van der Waals surface area (Å²) in [4.78, 5) is 17.6. The summed E-state index contributed by atoms with van der Waals surface area (Å²) in [6.07, 6.45) is 1.88. The Morgan fingerprint density at radius 3 is 2.65 bits per heavy atom. The maximum atomic E-state index is 12.1. The van der Waals surface area contributed by atoms with Crippen molar-refractivity contribution in [3.63, 3.8) is 0 Å². The molecule has 0 spiro atoms. The second-order valence-corrected chi connectivity index (χ2v) is 5.03. The molecule has 0 fully saturated rings. The second-order valence-electron chi connectivity index (χ2n) is 5.03. The minimum atomic E-state index is -0.0773. The van der Waals surface area contributed by atoms with Gasteiger partial charge in [-0.2, -0.15) is 4.99 Å². The molecule has 1 amide bonds. The summed E-state index contributed by atoms with van der Waals surface area (Å²) in [5.41, 5.74) is 2.78. The highest BCUT2D eigenvalue weighted by Crippen LogP contribution is 2.22. The molecule has 0 saturated carbocycles. The third-order valence-corrected chi connectivity index (χ3v) is 3.64. The van der Waals surface area contributed by atoms with Crippen molar-refractivity contribution in [2.24, 2.45) is 4.99 Å². The number of para-hydroxylation sites is 2. The van der Waals surface area contributed by atoms with Gasteiger partial charge in [0.05, 0.1) is 13.7 Å². The molecule has 1 aliphatic heterocycles. The van der Waals surface area contributed by atoms with E-state index in [4.69, 9.17) is 4.74 Å². The molecule has 1 aliphatic rings. The lowest BCUT2D eigenvalue weighted by Crippen LogP contribution is -3.06. The summed E-state index contributed by atoms with van der Waals surface area (Å²) in [6.45, 7) is 1.35. The van der Waals surface area contributed by atoms with Gasteiger partial charge in [-0.1, -0.05) is 12.1 Å². The minimum Gasteiger partial charge on any atom is -1.00 e. The molecule has 23 heavy (non-hydrogen) atoms. The lowest BCUT2D eigenvalue weighted by atomic mass is 10.2. The molecule has 120 valence electrons. The first kappa shape index (κ1) is 17.0. The number of nitrogens with zero attached hydrogens (tertiary/aromatic N) is 1. The highest BCUT2D eigenvalue weighted by Gasteiger charge is 2.20. The smallest absolute Gasteiger partial charge is 0.251 e. The molecule has 2 N–H and O–H groups in total. The number of carbonyl (C=O) groups is 1. The monoisotopic (exact) mass is 331 g/mol. The number of quaternary nitrogens is 1. The molecule has 0 aliphatic carbocycles. The summed E-state index contributed by atoms with van der Waals surface area (Å²) < 4.78 is 5.08. The van der Waals surface area contributed by atoms with Gasteiger partial charge in [0.1, 0.15) is 18.0 Å². The molecular weight excluding hydrogens is 314 g/mol. The predicted molar refractivity (Wildman–Crippen MR) is 85.4 cm³/mol. The zero-order valence-corrected chi connectivity index (χ0v) is 13.5. The molecule has 1 atom stereocenters. The Hall–Kier alpha value is -2.37. The molecule has 0 bridgehead atoms. The molecule has 1 unspecified atom stereocenters. The van der Waals surface area contributed by atoms with Crippen LogP contribution < -0.4 is 27.4 Å². The van der Waals surface area contributed by atoms with Crippen molar-refractivity contribution in [2.45, 2.75) is 0 Å². The topological polar surface area (TPSA) is 55.1 Å².